The zero-order valence-corrected chi connectivity index (χ0v) is 12.5. The van der Waals surface area contributed by atoms with Crippen LogP contribution in [0.15, 0.2) is 46.9 Å². The molecule has 0 aliphatic rings. The molecule has 17 heavy (non-hydrogen) atoms. The average Bonchev–Trinajstić information content (AvgIpc) is 2.34. The highest BCUT2D eigenvalue weighted by Crippen LogP contribution is 2.28. The molecule has 84 valence electrons. The van der Waals surface area contributed by atoms with E-state index in [1.807, 2.05) is 36.4 Å². The summed E-state index contributed by atoms with van der Waals surface area (Å²) in [5.74, 6) is 0. The predicted molar refractivity (Wildman–Crippen MR) is 81.3 cm³/mol. The van der Waals surface area contributed by atoms with Gasteiger partial charge in [0.2, 0.25) is 0 Å². The van der Waals surface area contributed by atoms with Crippen LogP contribution < -0.4 is 5.32 Å². The van der Waals surface area contributed by atoms with Crippen LogP contribution in [0, 0.1) is 14.9 Å². The monoisotopic (exact) mass is 398 g/mol. The molecule has 0 aliphatic carbocycles. The molecular weight excluding hydrogens is 391 g/mol. The molecular formula is C13H8BrIN2. The molecule has 2 aromatic rings. The highest BCUT2D eigenvalue weighted by Gasteiger charge is 2.04. The number of para-hydroxylation sites is 1. The van der Waals surface area contributed by atoms with Crippen LogP contribution in [0.1, 0.15) is 5.56 Å². The van der Waals surface area contributed by atoms with Crippen molar-refractivity contribution in [1.29, 1.82) is 5.26 Å². The molecule has 0 fully saturated rings. The quantitative estimate of drug-likeness (QED) is 0.746. The predicted octanol–water partition coefficient (Wildman–Crippen LogP) is 4.67. The molecule has 0 heterocycles. The number of nitriles is 1. The van der Waals surface area contributed by atoms with Crippen molar-refractivity contribution in [3.63, 3.8) is 0 Å². The summed E-state index contributed by atoms with van der Waals surface area (Å²) >= 11 is 5.74. The third kappa shape index (κ3) is 2.99. The van der Waals surface area contributed by atoms with Crippen LogP contribution in [-0.2, 0) is 0 Å². The highest BCUT2D eigenvalue weighted by atomic mass is 127. The minimum Gasteiger partial charge on any atom is -0.353 e. The van der Waals surface area contributed by atoms with Crippen LogP contribution in [-0.4, -0.2) is 0 Å². The third-order valence-electron chi connectivity index (χ3n) is 2.25. The van der Waals surface area contributed by atoms with Crippen LogP contribution in [0.2, 0.25) is 0 Å². The SMILES string of the molecule is N#Cc1ccccc1Nc1cc(I)ccc1Br. The van der Waals surface area contributed by atoms with Crippen molar-refractivity contribution in [2.24, 2.45) is 0 Å². The Morgan fingerprint density at radius 1 is 1.12 bits per heavy atom. The summed E-state index contributed by atoms with van der Waals surface area (Å²) in [7, 11) is 0. The maximum absolute atomic E-state index is 9.02. The van der Waals surface area contributed by atoms with E-state index in [1.165, 1.54) is 0 Å². The van der Waals surface area contributed by atoms with Crippen LogP contribution in [0.5, 0.6) is 0 Å². The molecule has 0 saturated heterocycles. The smallest absolute Gasteiger partial charge is 0.101 e. The molecule has 1 N–H and O–H groups in total. The topological polar surface area (TPSA) is 35.8 Å². The minimum atomic E-state index is 0.637. The molecule has 2 aromatic carbocycles. The van der Waals surface area contributed by atoms with Gasteiger partial charge in [-0.1, -0.05) is 12.1 Å². The fourth-order valence-corrected chi connectivity index (χ4v) is 2.26. The Balaban J connectivity index is 2.38. The highest BCUT2D eigenvalue weighted by molar-refractivity contribution is 14.1. The molecule has 0 unspecified atom stereocenters. The third-order valence-corrected chi connectivity index (χ3v) is 3.61. The fraction of sp³-hybridized carbons (Fsp3) is 0. The number of hydrogen-bond acceptors (Lipinski definition) is 2. The summed E-state index contributed by atoms with van der Waals surface area (Å²) in [4.78, 5) is 0. The largest absolute Gasteiger partial charge is 0.353 e. The summed E-state index contributed by atoms with van der Waals surface area (Å²) in [6.07, 6.45) is 0. The number of halogens is 2. The molecule has 4 heteroatoms. The van der Waals surface area contributed by atoms with E-state index in [-0.39, 0.29) is 0 Å². The Hall–Kier alpha value is -1.06. The second-order valence-electron chi connectivity index (χ2n) is 3.41. The van der Waals surface area contributed by atoms with Gasteiger partial charge in [0.05, 0.1) is 16.9 Å². The average molecular weight is 399 g/mol. The van der Waals surface area contributed by atoms with Gasteiger partial charge in [-0.25, -0.2) is 0 Å². The Labute approximate surface area is 122 Å². The van der Waals surface area contributed by atoms with Crippen molar-refractivity contribution in [3.05, 3.63) is 56.1 Å². The molecule has 0 amide bonds. The van der Waals surface area contributed by atoms with Crippen molar-refractivity contribution in [1.82, 2.24) is 0 Å². The first-order valence-corrected chi connectivity index (χ1v) is 6.79. The number of rotatable bonds is 2. The molecule has 0 aromatic heterocycles. The Kier molecular flexibility index (Phi) is 4.02. The summed E-state index contributed by atoms with van der Waals surface area (Å²) in [6, 6.07) is 15.7. The Bertz CT molecular complexity index is 590. The number of benzene rings is 2. The zero-order chi connectivity index (χ0) is 12.3. The standard InChI is InChI=1S/C13H8BrIN2/c14-11-6-5-10(15)7-13(11)17-12-4-2-1-3-9(12)8-16/h1-7,17H. The van der Waals surface area contributed by atoms with Crippen LogP contribution >= 0.6 is 38.5 Å². The number of nitrogens with zero attached hydrogens (tertiary/aromatic N) is 1. The van der Waals surface area contributed by atoms with Crippen LogP contribution in [0.4, 0.5) is 11.4 Å². The number of hydrogen-bond donors (Lipinski definition) is 1. The van der Waals surface area contributed by atoms with Crippen LogP contribution in [0.3, 0.4) is 0 Å². The van der Waals surface area contributed by atoms with E-state index in [4.69, 9.17) is 5.26 Å². The normalized spacial score (nSPS) is 9.71. The van der Waals surface area contributed by atoms with Gasteiger partial charge in [0.25, 0.3) is 0 Å². The molecule has 0 aliphatic heterocycles. The minimum absolute atomic E-state index is 0.637. The Morgan fingerprint density at radius 3 is 2.65 bits per heavy atom. The van der Waals surface area contributed by atoms with E-state index in [9.17, 15) is 0 Å². The molecule has 0 atom stereocenters. The first kappa shape index (κ1) is 12.4. The number of nitrogens with one attached hydrogen (secondary N) is 1. The fourth-order valence-electron chi connectivity index (χ4n) is 1.43. The lowest BCUT2D eigenvalue weighted by Gasteiger charge is -2.10. The lowest BCUT2D eigenvalue weighted by atomic mass is 10.2. The van der Waals surface area contributed by atoms with Crippen LogP contribution in [0.25, 0.3) is 0 Å². The second-order valence-corrected chi connectivity index (χ2v) is 5.51. The molecule has 0 spiro atoms. The lowest BCUT2D eigenvalue weighted by molar-refractivity contribution is 1.45. The van der Waals surface area contributed by atoms with Crippen molar-refractivity contribution < 1.29 is 0 Å². The summed E-state index contributed by atoms with van der Waals surface area (Å²) < 4.78 is 2.12. The molecule has 0 radical (unpaired) electrons. The zero-order valence-electron chi connectivity index (χ0n) is 8.74. The van der Waals surface area contributed by atoms with E-state index in [0.29, 0.717) is 5.56 Å². The van der Waals surface area contributed by atoms with Gasteiger partial charge in [-0.05, 0) is 68.9 Å². The van der Waals surface area contributed by atoms with E-state index < -0.39 is 0 Å². The summed E-state index contributed by atoms with van der Waals surface area (Å²) in [6.45, 7) is 0. The maximum atomic E-state index is 9.02. The van der Waals surface area contributed by atoms with Gasteiger partial charge in [0.15, 0.2) is 0 Å². The van der Waals surface area contributed by atoms with Gasteiger partial charge >= 0.3 is 0 Å². The molecule has 0 saturated carbocycles. The van der Waals surface area contributed by atoms with Crippen molar-refractivity contribution in [3.8, 4) is 6.07 Å². The molecule has 2 rings (SSSR count). The molecule has 2 nitrogen and oxygen atoms in total. The van der Waals surface area contributed by atoms with Gasteiger partial charge in [0.1, 0.15) is 6.07 Å². The van der Waals surface area contributed by atoms with E-state index >= 15 is 0 Å². The molecule has 0 bridgehead atoms. The first-order valence-electron chi connectivity index (χ1n) is 4.92. The van der Waals surface area contributed by atoms with E-state index in [2.05, 4.69) is 49.9 Å². The van der Waals surface area contributed by atoms with Gasteiger partial charge in [-0.3, -0.25) is 0 Å². The van der Waals surface area contributed by atoms with E-state index in [0.717, 1.165) is 19.4 Å². The van der Waals surface area contributed by atoms with Crippen molar-refractivity contribution in [2.75, 3.05) is 5.32 Å². The van der Waals surface area contributed by atoms with Gasteiger partial charge < -0.3 is 5.32 Å². The van der Waals surface area contributed by atoms with Crippen molar-refractivity contribution in [2.45, 2.75) is 0 Å². The van der Waals surface area contributed by atoms with Gasteiger partial charge in [0, 0.05) is 8.04 Å². The summed E-state index contributed by atoms with van der Waals surface area (Å²) in [5, 5.41) is 12.3. The van der Waals surface area contributed by atoms with E-state index in [1.54, 1.807) is 6.07 Å². The number of anilines is 2. The summed E-state index contributed by atoms with van der Waals surface area (Å²) in [5.41, 5.74) is 2.41. The van der Waals surface area contributed by atoms with Crippen molar-refractivity contribution >= 4 is 49.9 Å². The lowest BCUT2D eigenvalue weighted by Crippen LogP contribution is -1.94. The Morgan fingerprint density at radius 2 is 1.88 bits per heavy atom. The first-order chi connectivity index (χ1) is 8.20. The van der Waals surface area contributed by atoms with Gasteiger partial charge in [-0.15, -0.1) is 0 Å². The maximum Gasteiger partial charge on any atom is 0.101 e. The van der Waals surface area contributed by atoms with Gasteiger partial charge in [-0.2, -0.15) is 5.26 Å². The second kappa shape index (κ2) is 5.52.